The summed E-state index contributed by atoms with van der Waals surface area (Å²) in [6.45, 7) is -0.441. The van der Waals surface area contributed by atoms with E-state index in [-0.39, 0.29) is 19.4 Å². The van der Waals surface area contributed by atoms with Gasteiger partial charge in [-0.15, -0.1) is 0 Å². The lowest BCUT2D eigenvalue weighted by Crippen LogP contribution is -2.28. The maximum Gasteiger partial charge on any atom is 0.306 e. The van der Waals surface area contributed by atoms with Gasteiger partial charge in [0.2, 0.25) is 0 Å². The first kappa shape index (κ1) is 16.3. The van der Waals surface area contributed by atoms with E-state index >= 15 is 0 Å². The molecule has 0 aromatic heterocycles. The molecule has 1 atom stereocenters. The van der Waals surface area contributed by atoms with Crippen molar-refractivity contribution in [1.82, 2.24) is 0 Å². The second kappa shape index (κ2) is 8.39. The number of esters is 1. The van der Waals surface area contributed by atoms with Crippen LogP contribution in [-0.2, 0) is 14.3 Å². The van der Waals surface area contributed by atoms with Gasteiger partial charge in [-0.1, -0.05) is 11.6 Å². The normalized spacial score (nSPS) is 11.7. The van der Waals surface area contributed by atoms with Gasteiger partial charge in [-0.05, 0) is 24.3 Å². The number of carboxylic acids is 1. The summed E-state index contributed by atoms with van der Waals surface area (Å²) in [7, 11) is 0. The summed E-state index contributed by atoms with van der Waals surface area (Å²) in [6, 6.07) is 6.57. The molecule has 20 heavy (non-hydrogen) atoms. The van der Waals surface area contributed by atoms with Crippen LogP contribution in [0, 0.1) is 0 Å². The third kappa shape index (κ3) is 6.40. The molecule has 0 aliphatic heterocycles. The fraction of sp³-hybridized carbons (Fsp3) is 0.385. The standard InChI is InChI=1S/C13H15ClO6/c14-9-1-3-10(4-2-9)19-8-11(7-15)20-13(18)6-5-12(16)17/h1-4,11,15H,5-8H2,(H,16,17). The average Bonchev–Trinajstić information content (AvgIpc) is 2.43. The molecule has 0 saturated heterocycles. The highest BCUT2D eigenvalue weighted by atomic mass is 35.5. The van der Waals surface area contributed by atoms with Crippen LogP contribution in [0.15, 0.2) is 24.3 Å². The number of carboxylic acid groups (broad SMARTS) is 1. The number of hydrogen-bond donors (Lipinski definition) is 2. The highest BCUT2D eigenvalue weighted by Gasteiger charge is 2.15. The zero-order valence-electron chi connectivity index (χ0n) is 10.6. The van der Waals surface area contributed by atoms with Crippen molar-refractivity contribution in [2.24, 2.45) is 0 Å². The van der Waals surface area contributed by atoms with E-state index in [9.17, 15) is 9.59 Å². The van der Waals surface area contributed by atoms with Gasteiger partial charge in [0.05, 0.1) is 19.4 Å². The van der Waals surface area contributed by atoms with Gasteiger partial charge in [-0.3, -0.25) is 9.59 Å². The van der Waals surface area contributed by atoms with E-state index in [1.807, 2.05) is 0 Å². The maximum atomic E-state index is 11.3. The Morgan fingerprint density at radius 1 is 1.20 bits per heavy atom. The third-order valence-corrected chi connectivity index (χ3v) is 2.55. The lowest BCUT2D eigenvalue weighted by Gasteiger charge is -2.16. The first-order valence-electron chi connectivity index (χ1n) is 5.91. The molecule has 0 spiro atoms. The van der Waals surface area contributed by atoms with Gasteiger partial charge >= 0.3 is 11.9 Å². The monoisotopic (exact) mass is 302 g/mol. The van der Waals surface area contributed by atoms with E-state index in [0.717, 1.165) is 0 Å². The molecule has 0 bridgehead atoms. The summed E-state index contributed by atoms with van der Waals surface area (Å²) in [6.07, 6.45) is -1.39. The van der Waals surface area contributed by atoms with Crippen LogP contribution in [0.4, 0.5) is 0 Å². The molecule has 2 N–H and O–H groups in total. The van der Waals surface area contributed by atoms with Crippen LogP contribution in [0.3, 0.4) is 0 Å². The Hall–Kier alpha value is -1.79. The Bertz CT molecular complexity index is 445. The summed E-state index contributed by atoms with van der Waals surface area (Å²) in [4.78, 5) is 21.6. The first-order valence-corrected chi connectivity index (χ1v) is 6.29. The van der Waals surface area contributed by atoms with Crippen LogP contribution in [0.1, 0.15) is 12.8 Å². The molecule has 1 rings (SSSR count). The third-order valence-electron chi connectivity index (χ3n) is 2.29. The van der Waals surface area contributed by atoms with E-state index in [1.54, 1.807) is 24.3 Å². The van der Waals surface area contributed by atoms with Crippen molar-refractivity contribution in [2.75, 3.05) is 13.2 Å². The highest BCUT2D eigenvalue weighted by molar-refractivity contribution is 6.30. The van der Waals surface area contributed by atoms with E-state index in [0.29, 0.717) is 10.8 Å². The predicted molar refractivity (Wildman–Crippen MR) is 70.8 cm³/mol. The molecule has 0 aliphatic carbocycles. The number of aliphatic hydroxyl groups excluding tert-OH is 1. The van der Waals surface area contributed by atoms with Crippen LogP contribution in [0.5, 0.6) is 5.75 Å². The Kier molecular flexibility index (Phi) is 6.83. The van der Waals surface area contributed by atoms with Gasteiger partial charge in [-0.25, -0.2) is 0 Å². The number of carbonyl (C=O) groups is 2. The Morgan fingerprint density at radius 2 is 1.85 bits per heavy atom. The molecule has 0 saturated carbocycles. The van der Waals surface area contributed by atoms with Crippen molar-refractivity contribution in [3.05, 3.63) is 29.3 Å². The van der Waals surface area contributed by atoms with E-state index in [4.69, 9.17) is 31.3 Å². The molecule has 0 aliphatic rings. The number of rotatable bonds is 8. The minimum Gasteiger partial charge on any atom is -0.490 e. The minimum absolute atomic E-state index is 0.0308. The Morgan fingerprint density at radius 3 is 2.40 bits per heavy atom. The first-order chi connectivity index (χ1) is 9.51. The summed E-state index contributed by atoms with van der Waals surface area (Å²) in [5.41, 5.74) is 0. The summed E-state index contributed by atoms with van der Waals surface area (Å²) >= 11 is 5.72. The van der Waals surface area contributed by atoms with Crippen molar-refractivity contribution in [3.63, 3.8) is 0 Å². The number of carbonyl (C=O) groups excluding carboxylic acids is 1. The smallest absolute Gasteiger partial charge is 0.306 e. The number of benzene rings is 1. The molecule has 0 heterocycles. The Balaban J connectivity index is 2.37. The van der Waals surface area contributed by atoms with Gasteiger partial charge < -0.3 is 19.7 Å². The van der Waals surface area contributed by atoms with Crippen LogP contribution in [0.2, 0.25) is 5.02 Å². The van der Waals surface area contributed by atoms with Gasteiger partial charge in [0.15, 0.2) is 6.10 Å². The van der Waals surface area contributed by atoms with Crippen molar-refractivity contribution in [3.8, 4) is 5.75 Å². The molecule has 0 radical (unpaired) electrons. The minimum atomic E-state index is -1.08. The molecule has 1 aromatic carbocycles. The molecule has 0 amide bonds. The summed E-state index contributed by atoms with van der Waals surface area (Å²) in [5.74, 6) is -1.25. The second-order valence-electron chi connectivity index (χ2n) is 3.95. The van der Waals surface area contributed by atoms with Gasteiger partial charge in [-0.2, -0.15) is 0 Å². The molecule has 1 aromatic rings. The average molecular weight is 303 g/mol. The summed E-state index contributed by atoms with van der Waals surface area (Å²) in [5, 5.41) is 18.1. The number of ether oxygens (including phenoxy) is 2. The van der Waals surface area contributed by atoms with Crippen molar-refractivity contribution in [2.45, 2.75) is 18.9 Å². The van der Waals surface area contributed by atoms with E-state index < -0.39 is 24.6 Å². The van der Waals surface area contributed by atoms with Crippen LogP contribution >= 0.6 is 11.6 Å². The van der Waals surface area contributed by atoms with Crippen molar-refractivity contribution in [1.29, 1.82) is 0 Å². The topological polar surface area (TPSA) is 93.1 Å². The predicted octanol–water partition coefficient (Wildman–Crippen LogP) is 1.49. The molecular formula is C13H15ClO6. The molecule has 110 valence electrons. The highest BCUT2D eigenvalue weighted by Crippen LogP contribution is 2.15. The van der Waals surface area contributed by atoms with Gasteiger partial charge in [0, 0.05) is 5.02 Å². The largest absolute Gasteiger partial charge is 0.490 e. The fourth-order valence-corrected chi connectivity index (χ4v) is 1.42. The number of halogens is 1. The zero-order valence-corrected chi connectivity index (χ0v) is 11.4. The quantitative estimate of drug-likeness (QED) is 0.707. The van der Waals surface area contributed by atoms with Crippen molar-refractivity contribution >= 4 is 23.5 Å². The lowest BCUT2D eigenvalue weighted by atomic mass is 10.3. The molecular weight excluding hydrogens is 288 g/mol. The van der Waals surface area contributed by atoms with Crippen LogP contribution < -0.4 is 4.74 Å². The van der Waals surface area contributed by atoms with Crippen LogP contribution in [0.25, 0.3) is 0 Å². The lowest BCUT2D eigenvalue weighted by molar-refractivity contribution is -0.155. The SMILES string of the molecule is O=C(O)CCC(=O)OC(CO)COc1ccc(Cl)cc1. The Labute approximate surface area is 120 Å². The molecule has 6 nitrogen and oxygen atoms in total. The number of aliphatic hydroxyl groups is 1. The molecule has 7 heteroatoms. The second-order valence-corrected chi connectivity index (χ2v) is 4.39. The fourth-order valence-electron chi connectivity index (χ4n) is 1.30. The molecule has 0 fully saturated rings. The maximum absolute atomic E-state index is 11.3. The number of hydrogen-bond acceptors (Lipinski definition) is 5. The number of aliphatic carboxylic acids is 1. The summed E-state index contributed by atoms with van der Waals surface area (Å²) < 4.78 is 10.2. The van der Waals surface area contributed by atoms with E-state index in [2.05, 4.69) is 0 Å². The van der Waals surface area contributed by atoms with Crippen LogP contribution in [-0.4, -0.2) is 41.5 Å². The zero-order chi connectivity index (χ0) is 15.0. The van der Waals surface area contributed by atoms with E-state index in [1.165, 1.54) is 0 Å². The van der Waals surface area contributed by atoms with Gasteiger partial charge in [0.25, 0.3) is 0 Å². The van der Waals surface area contributed by atoms with Crippen molar-refractivity contribution < 1.29 is 29.3 Å². The van der Waals surface area contributed by atoms with Gasteiger partial charge in [0.1, 0.15) is 12.4 Å². The molecule has 1 unspecified atom stereocenters.